The lowest BCUT2D eigenvalue weighted by atomic mass is 10.1. The number of methoxy groups -OCH3 is 1. The summed E-state index contributed by atoms with van der Waals surface area (Å²) < 4.78 is 10.9. The Labute approximate surface area is 141 Å². The molecule has 3 aromatic rings. The molecule has 4 nitrogen and oxygen atoms in total. The molecule has 1 N–H and O–H groups in total. The van der Waals surface area contributed by atoms with Gasteiger partial charge in [0.25, 0.3) is 5.91 Å². The summed E-state index contributed by atoms with van der Waals surface area (Å²) in [5.41, 5.74) is 0.519. The second kappa shape index (κ2) is 7.51. The van der Waals surface area contributed by atoms with Crippen molar-refractivity contribution >= 4 is 16.7 Å². The van der Waals surface area contributed by atoms with Gasteiger partial charge in [-0.05, 0) is 35.0 Å². The fraction of sp³-hybridized carbons (Fsp3) is 0.150. The Morgan fingerprint density at radius 2 is 1.71 bits per heavy atom. The Kier molecular flexibility index (Phi) is 4.96. The van der Waals surface area contributed by atoms with Crippen LogP contribution in [-0.2, 0) is 0 Å². The van der Waals surface area contributed by atoms with Gasteiger partial charge in [-0.15, -0.1) is 0 Å². The molecule has 0 aliphatic rings. The summed E-state index contributed by atoms with van der Waals surface area (Å²) in [7, 11) is 1.55. The summed E-state index contributed by atoms with van der Waals surface area (Å²) in [6.45, 7) is 0.822. The van der Waals surface area contributed by atoms with E-state index in [2.05, 4.69) is 11.4 Å². The van der Waals surface area contributed by atoms with Crippen LogP contribution in [0.3, 0.4) is 0 Å². The molecule has 122 valence electrons. The van der Waals surface area contributed by atoms with Crippen LogP contribution in [0.4, 0.5) is 0 Å². The maximum Gasteiger partial charge on any atom is 0.255 e. The third kappa shape index (κ3) is 3.66. The predicted molar refractivity (Wildman–Crippen MR) is 94.8 cm³/mol. The Hall–Kier alpha value is -3.01. The molecule has 3 aromatic carbocycles. The zero-order valence-corrected chi connectivity index (χ0v) is 13.5. The number of fused-ring (bicyclic) bond motifs is 1. The maximum absolute atomic E-state index is 12.2. The first kappa shape index (κ1) is 15.9. The van der Waals surface area contributed by atoms with E-state index in [9.17, 15) is 4.79 Å². The molecular weight excluding hydrogens is 302 g/mol. The quantitative estimate of drug-likeness (QED) is 0.705. The number of nitrogens with one attached hydrogen (secondary N) is 1. The molecule has 0 aliphatic heterocycles. The molecule has 0 aliphatic carbocycles. The lowest BCUT2D eigenvalue weighted by Gasteiger charge is -2.10. The van der Waals surface area contributed by atoms with Crippen LogP contribution < -0.4 is 14.8 Å². The van der Waals surface area contributed by atoms with Crippen LogP contribution in [-0.4, -0.2) is 26.2 Å². The Balaban J connectivity index is 1.53. The predicted octanol–water partition coefficient (Wildman–Crippen LogP) is 3.66. The molecule has 3 rings (SSSR count). The van der Waals surface area contributed by atoms with Crippen LogP contribution in [0.15, 0.2) is 66.7 Å². The van der Waals surface area contributed by atoms with Gasteiger partial charge in [0.05, 0.1) is 19.2 Å². The zero-order chi connectivity index (χ0) is 16.8. The second-order valence-corrected chi connectivity index (χ2v) is 5.31. The number of hydrogen-bond acceptors (Lipinski definition) is 3. The lowest BCUT2D eigenvalue weighted by molar-refractivity contribution is 0.0944. The van der Waals surface area contributed by atoms with E-state index in [4.69, 9.17) is 9.47 Å². The first-order valence-electron chi connectivity index (χ1n) is 7.81. The van der Waals surface area contributed by atoms with E-state index in [1.54, 1.807) is 19.2 Å². The summed E-state index contributed by atoms with van der Waals surface area (Å²) in [5.74, 6) is 1.18. The van der Waals surface area contributed by atoms with Crippen molar-refractivity contribution in [1.82, 2.24) is 5.32 Å². The summed E-state index contributed by atoms with van der Waals surface area (Å²) in [4.78, 5) is 12.2. The molecule has 0 heterocycles. The molecule has 0 aromatic heterocycles. The minimum atomic E-state index is -0.172. The van der Waals surface area contributed by atoms with E-state index < -0.39 is 0 Å². The monoisotopic (exact) mass is 321 g/mol. The fourth-order valence-corrected chi connectivity index (χ4v) is 2.52. The van der Waals surface area contributed by atoms with Crippen LogP contribution in [0.2, 0.25) is 0 Å². The summed E-state index contributed by atoms with van der Waals surface area (Å²) in [6.07, 6.45) is 0. The van der Waals surface area contributed by atoms with Gasteiger partial charge in [-0.2, -0.15) is 0 Å². The lowest BCUT2D eigenvalue weighted by Crippen LogP contribution is -2.28. The van der Waals surface area contributed by atoms with Gasteiger partial charge in [0.2, 0.25) is 0 Å². The van der Waals surface area contributed by atoms with E-state index in [0.717, 1.165) is 11.1 Å². The number of benzene rings is 3. The van der Waals surface area contributed by atoms with Crippen molar-refractivity contribution in [3.63, 3.8) is 0 Å². The molecule has 0 atom stereocenters. The molecule has 0 radical (unpaired) electrons. The molecule has 0 spiro atoms. The van der Waals surface area contributed by atoms with Crippen molar-refractivity contribution in [1.29, 1.82) is 0 Å². The van der Waals surface area contributed by atoms with Gasteiger partial charge in [-0.1, -0.05) is 42.5 Å². The topological polar surface area (TPSA) is 47.6 Å². The molecule has 1 amide bonds. The van der Waals surface area contributed by atoms with E-state index in [-0.39, 0.29) is 5.91 Å². The number of ether oxygens (including phenoxy) is 2. The maximum atomic E-state index is 12.2. The first-order chi connectivity index (χ1) is 11.8. The highest BCUT2D eigenvalue weighted by atomic mass is 16.5. The highest BCUT2D eigenvalue weighted by molar-refractivity contribution is 5.96. The third-order valence-corrected chi connectivity index (χ3v) is 3.73. The van der Waals surface area contributed by atoms with Crippen LogP contribution in [0.1, 0.15) is 10.4 Å². The zero-order valence-electron chi connectivity index (χ0n) is 13.5. The summed E-state index contributed by atoms with van der Waals surface area (Å²) in [6, 6.07) is 21.2. The third-order valence-electron chi connectivity index (χ3n) is 3.73. The van der Waals surface area contributed by atoms with Crippen LogP contribution in [0, 0.1) is 0 Å². The van der Waals surface area contributed by atoms with Gasteiger partial charge in [-0.3, -0.25) is 4.79 Å². The SMILES string of the molecule is COc1ccccc1C(=O)NCCOc1ccc2ccccc2c1. The van der Waals surface area contributed by atoms with Gasteiger partial charge < -0.3 is 14.8 Å². The number of para-hydroxylation sites is 1. The van der Waals surface area contributed by atoms with Crippen molar-refractivity contribution in [2.45, 2.75) is 0 Å². The van der Waals surface area contributed by atoms with E-state index in [1.165, 1.54) is 5.39 Å². The largest absolute Gasteiger partial charge is 0.496 e. The number of hydrogen-bond donors (Lipinski definition) is 1. The Morgan fingerprint density at radius 1 is 0.958 bits per heavy atom. The van der Waals surface area contributed by atoms with E-state index in [1.807, 2.05) is 48.5 Å². The molecule has 0 fully saturated rings. The van der Waals surface area contributed by atoms with Crippen LogP contribution in [0.5, 0.6) is 11.5 Å². The van der Waals surface area contributed by atoms with Crippen molar-refractivity contribution < 1.29 is 14.3 Å². The molecule has 0 unspecified atom stereocenters. The number of carbonyl (C=O) groups is 1. The van der Waals surface area contributed by atoms with Gasteiger partial charge >= 0.3 is 0 Å². The average Bonchev–Trinajstić information content (AvgIpc) is 2.65. The van der Waals surface area contributed by atoms with Crippen LogP contribution >= 0.6 is 0 Å². The van der Waals surface area contributed by atoms with Gasteiger partial charge in [0.15, 0.2) is 0 Å². The molecule has 0 saturated carbocycles. The Bertz CT molecular complexity index is 845. The van der Waals surface area contributed by atoms with Gasteiger partial charge in [0.1, 0.15) is 18.1 Å². The normalized spacial score (nSPS) is 10.4. The number of carbonyl (C=O) groups excluding carboxylic acids is 1. The fourth-order valence-electron chi connectivity index (χ4n) is 2.52. The van der Waals surface area contributed by atoms with Crippen LogP contribution in [0.25, 0.3) is 10.8 Å². The second-order valence-electron chi connectivity index (χ2n) is 5.31. The van der Waals surface area contributed by atoms with Crippen molar-refractivity contribution in [2.75, 3.05) is 20.3 Å². The smallest absolute Gasteiger partial charge is 0.255 e. The number of amides is 1. The molecule has 0 bridgehead atoms. The van der Waals surface area contributed by atoms with Crippen molar-refractivity contribution in [3.8, 4) is 11.5 Å². The number of rotatable bonds is 6. The van der Waals surface area contributed by atoms with Gasteiger partial charge in [-0.25, -0.2) is 0 Å². The van der Waals surface area contributed by atoms with E-state index in [0.29, 0.717) is 24.5 Å². The van der Waals surface area contributed by atoms with Gasteiger partial charge in [0, 0.05) is 0 Å². The summed E-state index contributed by atoms with van der Waals surface area (Å²) >= 11 is 0. The highest BCUT2D eigenvalue weighted by Gasteiger charge is 2.10. The highest BCUT2D eigenvalue weighted by Crippen LogP contribution is 2.20. The Morgan fingerprint density at radius 3 is 2.54 bits per heavy atom. The molecular formula is C20H19NO3. The van der Waals surface area contributed by atoms with E-state index >= 15 is 0 Å². The minimum absolute atomic E-state index is 0.172. The molecule has 4 heteroatoms. The minimum Gasteiger partial charge on any atom is -0.496 e. The average molecular weight is 321 g/mol. The van der Waals surface area contributed by atoms with Crippen molar-refractivity contribution in [2.24, 2.45) is 0 Å². The molecule has 24 heavy (non-hydrogen) atoms. The molecule has 0 saturated heterocycles. The summed E-state index contributed by atoms with van der Waals surface area (Å²) in [5, 5.41) is 5.14. The van der Waals surface area contributed by atoms with Crippen molar-refractivity contribution in [3.05, 3.63) is 72.3 Å². The standard InChI is InChI=1S/C20H19NO3/c1-23-19-9-5-4-8-18(19)20(22)21-12-13-24-17-11-10-15-6-2-3-7-16(15)14-17/h2-11,14H,12-13H2,1H3,(H,21,22). The first-order valence-corrected chi connectivity index (χ1v) is 7.81.